The van der Waals surface area contributed by atoms with E-state index < -0.39 is 10.0 Å². The standard InChI is InChI=1S/C14H15BrN2O2S/c1-2-10-5-3-4-6-13(10)17-20(18,19)14-9-11(15)7-8-12(14)16/h3-9,17H,2,16H2,1H3. The molecule has 0 aliphatic carbocycles. The molecule has 4 nitrogen and oxygen atoms in total. The first kappa shape index (κ1) is 14.9. The van der Waals surface area contributed by atoms with Gasteiger partial charge in [0, 0.05) is 4.47 Å². The molecule has 0 bridgehead atoms. The molecule has 0 amide bonds. The third-order valence-corrected chi connectivity index (χ3v) is 4.82. The summed E-state index contributed by atoms with van der Waals surface area (Å²) in [6.45, 7) is 1.97. The van der Waals surface area contributed by atoms with Crippen molar-refractivity contribution >= 4 is 37.3 Å². The largest absolute Gasteiger partial charge is 0.398 e. The number of para-hydroxylation sites is 1. The Bertz CT molecular complexity index is 730. The van der Waals surface area contributed by atoms with E-state index in [4.69, 9.17) is 5.73 Å². The molecule has 0 heterocycles. The molecule has 0 saturated carbocycles. The Morgan fingerprint density at radius 2 is 1.90 bits per heavy atom. The van der Waals surface area contributed by atoms with Crippen molar-refractivity contribution in [1.82, 2.24) is 0 Å². The number of nitrogen functional groups attached to an aromatic ring is 1. The highest BCUT2D eigenvalue weighted by Crippen LogP contribution is 2.26. The number of sulfonamides is 1. The molecule has 2 aromatic rings. The minimum atomic E-state index is -3.70. The van der Waals surface area contributed by atoms with Crippen molar-refractivity contribution in [3.8, 4) is 0 Å². The van der Waals surface area contributed by atoms with Crippen molar-refractivity contribution in [1.29, 1.82) is 0 Å². The van der Waals surface area contributed by atoms with Gasteiger partial charge in [0.15, 0.2) is 0 Å². The van der Waals surface area contributed by atoms with Gasteiger partial charge in [-0.1, -0.05) is 41.1 Å². The molecule has 3 N–H and O–H groups in total. The average Bonchev–Trinajstić information content (AvgIpc) is 2.41. The first-order valence-electron chi connectivity index (χ1n) is 6.10. The number of hydrogen-bond acceptors (Lipinski definition) is 3. The van der Waals surface area contributed by atoms with E-state index in [2.05, 4.69) is 20.7 Å². The highest BCUT2D eigenvalue weighted by atomic mass is 79.9. The van der Waals surface area contributed by atoms with Crippen LogP contribution in [0.25, 0.3) is 0 Å². The van der Waals surface area contributed by atoms with Crippen molar-refractivity contribution < 1.29 is 8.42 Å². The summed E-state index contributed by atoms with van der Waals surface area (Å²) in [6, 6.07) is 12.1. The zero-order chi connectivity index (χ0) is 14.8. The monoisotopic (exact) mass is 354 g/mol. The van der Waals surface area contributed by atoms with E-state index in [1.165, 1.54) is 6.07 Å². The van der Waals surface area contributed by atoms with Gasteiger partial charge in [-0.25, -0.2) is 8.42 Å². The van der Waals surface area contributed by atoms with E-state index in [9.17, 15) is 8.42 Å². The molecule has 0 atom stereocenters. The highest BCUT2D eigenvalue weighted by Gasteiger charge is 2.18. The van der Waals surface area contributed by atoms with Crippen LogP contribution in [-0.2, 0) is 16.4 Å². The molecule has 106 valence electrons. The van der Waals surface area contributed by atoms with Crippen molar-refractivity contribution in [3.05, 3.63) is 52.5 Å². The molecule has 0 aromatic heterocycles. The lowest BCUT2D eigenvalue weighted by Crippen LogP contribution is -2.15. The summed E-state index contributed by atoms with van der Waals surface area (Å²) in [5.74, 6) is 0. The molecular formula is C14H15BrN2O2S. The Balaban J connectivity index is 2.43. The predicted octanol–water partition coefficient (Wildman–Crippen LogP) is 3.39. The molecule has 2 aromatic carbocycles. The summed E-state index contributed by atoms with van der Waals surface area (Å²) in [5.41, 5.74) is 7.49. The zero-order valence-electron chi connectivity index (χ0n) is 10.9. The molecule has 6 heteroatoms. The Morgan fingerprint density at radius 3 is 2.60 bits per heavy atom. The minimum Gasteiger partial charge on any atom is -0.398 e. The van der Waals surface area contributed by atoms with Gasteiger partial charge in [-0.15, -0.1) is 0 Å². The van der Waals surface area contributed by atoms with Gasteiger partial charge < -0.3 is 5.73 Å². The van der Waals surface area contributed by atoms with E-state index in [0.29, 0.717) is 10.2 Å². The molecule has 0 aliphatic heterocycles. The summed E-state index contributed by atoms with van der Waals surface area (Å²) in [5, 5.41) is 0. The normalized spacial score (nSPS) is 11.3. The van der Waals surface area contributed by atoms with E-state index >= 15 is 0 Å². The molecule has 0 fully saturated rings. The topological polar surface area (TPSA) is 72.2 Å². The molecule has 0 unspecified atom stereocenters. The molecule has 0 spiro atoms. The van der Waals surface area contributed by atoms with Crippen LogP contribution in [0.15, 0.2) is 51.8 Å². The Hall–Kier alpha value is -1.53. The second-order valence-electron chi connectivity index (χ2n) is 4.30. The Kier molecular flexibility index (Phi) is 4.35. The summed E-state index contributed by atoms with van der Waals surface area (Å²) in [7, 11) is -3.70. The Labute approximate surface area is 127 Å². The number of halogens is 1. The third-order valence-electron chi connectivity index (χ3n) is 2.91. The van der Waals surface area contributed by atoms with Gasteiger partial charge >= 0.3 is 0 Å². The van der Waals surface area contributed by atoms with Gasteiger partial charge in [-0.2, -0.15) is 0 Å². The zero-order valence-corrected chi connectivity index (χ0v) is 13.3. The number of hydrogen-bond donors (Lipinski definition) is 2. The maximum Gasteiger partial charge on any atom is 0.263 e. The van der Waals surface area contributed by atoms with Crippen LogP contribution < -0.4 is 10.5 Å². The van der Waals surface area contributed by atoms with E-state index in [1.54, 1.807) is 24.3 Å². The van der Waals surface area contributed by atoms with Gasteiger partial charge in [-0.3, -0.25) is 4.72 Å². The maximum atomic E-state index is 12.4. The molecule has 0 radical (unpaired) electrons. The van der Waals surface area contributed by atoms with Crippen LogP contribution in [0.3, 0.4) is 0 Å². The first-order valence-corrected chi connectivity index (χ1v) is 8.37. The van der Waals surface area contributed by atoms with Crippen LogP contribution >= 0.6 is 15.9 Å². The van der Waals surface area contributed by atoms with E-state index in [0.717, 1.165) is 12.0 Å². The van der Waals surface area contributed by atoms with Crippen LogP contribution in [0.4, 0.5) is 11.4 Å². The van der Waals surface area contributed by atoms with Crippen LogP contribution in [0.1, 0.15) is 12.5 Å². The lowest BCUT2D eigenvalue weighted by Gasteiger charge is -2.13. The van der Waals surface area contributed by atoms with Gasteiger partial charge in [0.05, 0.1) is 11.4 Å². The van der Waals surface area contributed by atoms with Gasteiger partial charge in [0.1, 0.15) is 4.90 Å². The van der Waals surface area contributed by atoms with Gasteiger partial charge in [-0.05, 0) is 36.2 Å². The van der Waals surface area contributed by atoms with Crippen molar-refractivity contribution in [2.24, 2.45) is 0 Å². The predicted molar refractivity (Wildman–Crippen MR) is 85.2 cm³/mol. The maximum absolute atomic E-state index is 12.4. The molecule has 2 rings (SSSR count). The fourth-order valence-corrected chi connectivity index (χ4v) is 3.64. The number of rotatable bonds is 4. The van der Waals surface area contributed by atoms with Crippen LogP contribution in [-0.4, -0.2) is 8.42 Å². The fraction of sp³-hybridized carbons (Fsp3) is 0.143. The summed E-state index contributed by atoms with van der Waals surface area (Å²) in [4.78, 5) is 0.0674. The van der Waals surface area contributed by atoms with Crippen molar-refractivity contribution in [2.75, 3.05) is 10.5 Å². The van der Waals surface area contributed by atoms with E-state index in [1.807, 2.05) is 19.1 Å². The van der Waals surface area contributed by atoms with Crippen molar-refractivity contribution in [2.45, 2.75) is 18.2 Å². The van der Waals surface area contributed by atoms with Crippen molar-refractivity contribution in [3.63, 3.8) is 0 Å². The van der Waals surface area contributed by atoms with Crippen LogP contribution in [0.2, 0.25) is 0 Å². The summed E-state index contributed by atoms with van der Waals surface area (Å²) < 4.78 is 28.1. The van der Waals surface area contributed by atoms with E-state index in [-0.39, 0.29) is 10.6 Å². The van der Waals surface area contributed by atoms with Crippen LogP contribution in [0, 0.1) is 0 Å². The minimum absolute atomic E-state index is 0.0674. The fourth-order valence-electron chi connectivity index (χ4n) is 1.87. The number of aryl methyl sites for hydroxylation is 1. The molecule has 0 saturated heterocycles. The Morgan fingerprint density at radius 1 is 1.20 bits per heavy atom. The summed E-state index contributed by atoms with van der Waals surface area (Å²) >= 11 is 3.25. The second kappa shape index (κ2) is 5.85. The third kappa shape index (κ3) is 3.13. The number of anilines is 2. The molecule has 20 heavy (non-hydrogen) atoms. The highest BCUT2D eigenvalue weighted by molar-refractivity contribution is 9.10. The SMILES string of the molecule is CCc1ccccc1NS(=O)(=O)c1cc(Br)ccc1N. The number of nitrogens with one attached hydrogen (secondary N) is 1. The smallest absolute Gasteiger partial charge is 0.263 e. The number of nitrogens with two attached hydrogens (primary N) is 1. The van der Waals surface area contributed by atoms with Gasteiger partial charge in [0.25, 0.3) is 10.0 Å². The average molecular weight is 355 g/mol. The lowest BCUT2D eigenvalue weighted by atomic mass is 10.1. The van der Waals surface area contributed by atoms with Gasteiger partial charge in [0.2, 0.25) is 0 Å². The quantitative estimate of drug-likeness (QED) is 0.826. The molecule has 0 aliphatic rings. The van der Waals surface area contributed by atoms with Crippen LogP contribution in [0.5, 0.6) is 0 Å². The first-order chi connectivity index (χ1) is 9.44. The second-order valence-corrected chi connectivity index (χ2v) is 6.86. The molecular weight excluding hydrogens is 340 g/mol. The lowest BCUT2D eigenvalue weighted by molar-refractivity contribution is 0.601. The number of benzene rings is 2. The summed E-state index contributed by atoms with van der Waals surface area (Å²) in [6.07, 6.45) is 0.743.